The Bertz CT molecular complexity index is 381. The number of nitrogens with one attached hydrogen (secondary N) is 1. The molecule has 4 rings (SSSR count). The monoisotopic (exact) mass is 291 g/mol. The summed E-state index contributed by atoms with van der Waals surface area (Å²) in [5.74, 6) is 2.10. The molecule has 3 unspecified atom stereocenters. The third-order valence-electron chi connectivity index (χ3n) is 6.39. The molecule has 4 heteroatoms. The number of fused-ring (bicyclic) bond motifs is 1. The van der Waals surface area contributed by atoms with Crippen LogP contribution in [0.2, 0.25) is 0 Å². The lowest BCUT2D eigenvalue weighted by molar-refractivity contribution is -0.136. The predicted octanol–water partition coefficient (Wildman–Crippen LogP) is 1.46. The first-order valence-corrected chi connectivity index (χ1v) is 9.08. The van der Waals surface area contributed by atoms with E-state index in [1.54, 1.807) is 0 Å². The van der Waals surface area contributed by atoms with E-state index in [-0.39, 0.29) is 6.04 Å². The number of hydrogen-bond acceptors (Lipinski definition) is 3. The number of carbonyl (C=O) groups excluding carboxylic acids is 1. The van der Waals surface area contributed by atoms with Gasteiger partial charge in [0.2, 0.25) is 5.91 Å². The van der Waals surface area contributed by atoms with Gasteiger partial charge in [0.15, 0.2) is 0 Å². The molecule has 0 aromatic rings. The quantitative estimate of drug-likeness (QED) is 0.837. The second kappa shape index (κ2) is 5.88. The summed E-state index contributed by atoms with van der Waals surface area (Å²) in [7, 11) is 0. The van der Waals surface area contributed by atoms with Crippen molar-refractivity contribution in [3.8, 4) is 0 Å². The van der Waals surface area contributed by atoms with E-state index in [2.05, 4.69) is 15.1 Å². The van der Waals surface area contributed by atoms with E-state index in [9.17, 15) is 4.79 Å². The first-order valence-electron chi connectivity index (χ1n) is 9.08. The van der Waals surface area contributed by atoms with Crippen molar-refractivity contribution in [2.45, 2.75) is 57.0 Å². The first-order chi connectivity index (χ1) is 10.3. The summed E-state index contributed by atoms with van der Waals surface area (Å²) in [5.41, 5.74) is 0. The molecule has 0 bridgehead atoms. The van der Waals surface area contributed by atoms with Crippen molar-refractivity contribution < 1.29 is 4.79 Å². The number of hydrogen-bond donors (Lipinski definition) is 1. The maximum Gasteiger partial charge on any atom is 0.239 e. The number of likely N-dealkylation sites (tertiary alicyclic amines) is 2. The van der Waals surface area contributed by atoms with Crippen LogP contribution in [0.5, 0.6) is 0 Å². The number of carbonyl (C=O) groups is 1. The summed E-state index contributed by atoms with van der Waals surface area (Å²) in [6.07, 6.45) is 8.84. The van der Waals surface area contributed by atoms with Gasteiger partial charge in [-0.2, -0.15) is 0 Å². The Morgan fingerprint density at radius 1 is 0.905 bits per heavy atom. The van der Waals surface area contributed by atoms with E-state index in [1.165, 1.54) is 38.5 Å². The number of piperidine rings is 1. The lowest BCUT2D eigenvalue weighted by Gasteiger charge is -2.36. The summed E-state index contributed by atoms with van der Waals surface area (Å²) >= 11 is 0. The lowest BCUT2D eigenvalue weighted by atomic mass is 10.0. The summed E-state index contributed by atoms with van der Waals surface area (Å²) in [4.78, 5) is 17.8. The summed E-state index contributed by atoms with van der Waals surface area (Å²) < 4.78 is 0. The molecule has 1 aliphatic carbocycles. The topological polar surface area (TPSA) is 35.6 Å². The smallest absolute Gasteiger partial charge is 0.239 e. The summed E-state index contributed by atoms with van der Waals surface area (Å²) in [6.45, 7) is 5.49. The molecule has 4 nitrogen and oxygen atoms in total. The second-order valence-corrected chi connectivity index (χ2v) is 7.57. The molecule has 21 heavy (non-hydrogen) atoms. The Morgan fingerprint density at radius 3 is 2.33 bits per heavy atom. The van der Waals surface area contributed by atoms with Gasteiger partial charge in [-0.1, -0.05) is 6.42 Å². The van der Waals surface area contributed by atoms with Gasteiger partial charge >= 0.3 is 0 Å². The van der Waals surface area contributed by atoms with Gasteiger partial charge in [-0.05, 0) is 70.0 Å². The Kier molecular flexibility index (Phi) is 3.92. The van der Waals surface area contributed by atoms with E-state index < -0.39 is 0 Å². The molecular weight excluding hydrogens is 262 g/mol. The zero-order valence-corrected chi connectivity index (χ0v) is 13.1. The van der Waals surface area contributed by atoms with Crippen LogP contribution in [-0.2, 0) is 4.79 Å². The normalized spacial score (nSPS) is 38.1. The van der Waals surface area contributed by atoms with Gasteiger partial charge in [0.1, 0.15) is 0 Å². The predicted molar refractivity (Wildman–Crippen MR) is 83.0 cm³/mol. The van der Waals surface area contributed by atoms with Crippen molar-refractivity contribution in [1.82, 2.24) is 15.1 Å². The highest BCUT2D eigenvalue weighted by Gasteiger charge is 2.43. The van der Waals surface area contributed by atoms with E-state index in [0.29, 0.717) is 11.9 Å². The van der Waals surface area contributed by atoms with Crippen LogP contribution < -0.4 is 5.32 Å². The fourth-order valence-electron chi connectivity index (χ4n) is 5.26. The minimum Gasteiger partial charge on any atom is -0.341 e. The van der Waals surface area contributed by atoms with Gasteiger partial charge in [0, 0.05) is 19.1 Å². The van der Waals surface area contributed by atoms with Crippen LogP contribution >= 0.6 is 0 Å². The molecule has 1 N–H and O–H groups in total. The molecule has 3 saturated heterocycles. The third kappa shape index (κ3) is 2.61. The van der Waals surface area contributed by atoms with Crippen molar-refractivity contribution in [3.05, 3.63) is 0 Å². The van der Waals surface area contributed by atoms with Crippen LogP contribution in [-0.4, -0.2) is 60.5 Å². The van der Waals surface area contributed by atoms with Gasteiger partial charge in [-0.3, -0.25) is 9.69 Å². The van der Waals surface area contributed by atoms with Crippen LogP contribution in [0.25, 0.3) is 0 Å². The van der Waals surface area contributed by atoms with Crippen molar-refractivity contribution in [1.29, 1.82) is 0 Å². The highest BCUT2D eigenvalue weighted by atomic mass is 16.2. The molecule has 0 aromatic carbocycles. The average Bonchev–Trinajstić information content (AvgIpc) is 3.22. The first kappa shape index (κ1) is 14.0. The van der Waals surface area contributed by atoms with Gasteiger partial charge < -0.3 is 10.2 Å². The molecule has 3 atom stereocenters. The Hall–Kier alpha value is -0.610. The molecule has 3 heterocycles. The molecule has 0 radical (unpaired) electrons. The van der Waals surface area contributed by atoms with Gasteiger partial charge in [-0.15, -0.1) is 0 Å². The zero-order chi connectivity index (χ0) is 14.2. The Labute approximate surface area is 128 Å². The minimum atomic E-state index is 0.201. The molecule has 3 aliphatic heterocycles. The third-order valence-corrected chi connectivity index (χ3v) is 6.39. The molecular formula is C17H29N3O. The molecule has 118 valence electrons. The van der Waals surface area contributed by atoms with Crippen LogP contribution in [0.4, 0.5) is 0 Å². The van der Waals surface area contributed by atoms with Crippen molar-refractivity contribution >= 4 is 5.91 Å². The molecule has 0 aromatic heterocycles. The summed E-state index contributed by atoms with van der Waals surface area (Å²) in [6, 6.07) is 0.844. The van der Waals surface area contributed by atoms with Crippen LogP contribution in [0.3, 0.4) is 0 Å². The maximum atomic E-state index is 13.0. The van der Waals surface area contributed by atoms with Gasteiger partial charge in [-0.25, -0.2) is 0 Å². The fraction of sp³-hybridized carbons (Fsp3) is 0.941. The molecule has 1 amide bonds. The second-order valence-electron chi connectivity index (χ2n) is 7.57. The van der Waals surface area contributed by atoms with E-state index in [0.717, 1.165) is 51.0 Å². The van der Waals surface area contributed by atoms with Crippen LogP contribution in [0, 0.1) is 11.8 Å². The van der Waals surface area contributed by atoms with Crippen molar-refractivity contribution in [3.63, 3.8) is 0 Å². The highest BCUT2D eigenvalue weighted by Crippen LogP contribution is 2.38. The van der Waals surface area contributed by atoms with E-state index in [1.807, 2.05) is 0 Å². The molecule has 4 fully saturated rings. The average molecular weight is 291 g/mol. The van der Waals surface area contributed by atoms with E-state index in [4.69, 9.17) is 0 Å². The molecule has 0 spiro atoms. The zero-order valence-electron chi connectivity index (χ0n) is 13.1. The maximum absolute atomic E-state index is 13.0. The molecule has 1 saturated carbocycles. The Morgan fingerprint density at radius 2 is 1.62 bits per heavy atom. The minimum absolute atomic E-state index is 0.201. The van der Waals surface area contributed by atoms with Crippen LogP contribution in [0.1, 0.15) is 44.9 Å². The van der Waals surface area contributed by atoms with Crippen molar-refractivity contribution in [2.75, 3.05) is 32.7 Å². The largest absolute Gasteiger partial charge is 0.341 e. The van der Waals surface area contributed by atoms with Crippen LogP contribution in [0.15, 0.2) is 0 Å². The Balaban J connectivity index is 1.41. The summed E-state index contributed by atoms with van der Waals surface area (Å²) in [5, 5.41) is 3.44. The number of amides is 1. The number of rotatable bonds is 2. The van der Waals surface area contributed by atoms with Gasteiger partial charge in [0.05, 0.1) is 6.04 Å². The standard InChI is InChI=1S/C17H29N3O/c21-17(19-11-13-3-1-4-14(13)12-19)16-5-2-10-20(16)15-6-8-18-9-7-15/h13-16,18H,1-12H2. The fourth-order valence-corrected chi connectivity index (χ4v) is 5.26. The van der Waals surface area contributed by atoms with E-state index >= 15 is 0 Å². The molecule has 4 aliphatic rings. The lowest BCUT2D eigenvalue weighted by Crippen LogP contribution is -2.51. The van der Waals surface area contributed by atoms with Crippen molar-refractivity contribution in [2.24, 2.45) is 11.8 Å². The highest BCUT2D eigenvalue weighted by molar-refractivity contribution is 5.82. The van der Waals surface area contributed by atoms with Gasteiger partial charge in [0.25, 0.3) is 0 Å². The SMILES string of the molecule is O=C(C1CCCN1C1CCNCC1)N1CC2CCCC2C1. The number of nitrogens with zero attached hydrogens (tertiary/aromatic N) is 2.